The molecule has 0 radical (unpaired) electrons. The highest BCUT2D eigenvalue weighted by Gasteiger charge is 2.30. The molecule has 0 aromatic heterocycles. The number of nitrogens with two attached hydrogens (primary N) is 1. The maximum absolute atomic E-state index is 12.2. The van der Waals surface area contributed by atoms with E-state index in [-0.39, 0.29) is 35.7 Å². The number of fused-ring (bicyclic) bond motifs is 1. The van der Waals surface area contributed by atoms with Crippen molar-refractivity contribution in [2.45, 2.75) is 19.3 Å². The van der Waals surface area contributed by atoms with Gasteiger partial charge in [-0.15, -0.1) is 37.1 Å². The number of hydrogen-bond donors (Lipinski definition) is 2. The second-order valence-corrected chi connectivity index (χ2v) is 6.97. The lowest BCUT2D eigenvalue weighted by Crippen LogP contribution is -2.33. The van der Waals surface area contributed by atoms with E-state index in [1.54, 1.807) is 14.2 Å². The summed E-state index contributed by atoms with van der Waals surface area (Å²) in [6.07, 6.45) is -3.82. The van der Waals surface area contributed by atoms with Gasteiger partial charge in [-0.05, 0) is 53.9 Å². The lowest BCUT2D eigenvalue weighted by atomic mass is 9.99. The maximum atomic E-state index is 12.2. The number of hydrogen-bond acceptors (Lipinski definition) is 5. The molecule has 176 valence electrons. The summed E-state index contributed by atoms with van der Waals surface area (Å²) in [6.45, 7) is 2.87. The van der Waals surface area contributed by atoms with Gasteiger partial charge in [0.25, 0.3) is 0 Å². The first-order valence-electron chi connectivity index (χ1n) is 9.66. The van der Waals surface area contributed by atoms with Crippen LogP contribution in [0, 0.1) is 0 Å². The van der Waals surface area contributed by atoms with Crippen LogP contribution < -0.4 is 25.3 Å². The highest BCUT2D eigenvalue weighted by molar-refractivity contribution is 14.0. The predicted molar refractivity (Wildman–Crippen MR) is 127 cm³/mol. The van der Waals surface area contributed by atoms with Crippen LogP contribution in [0.1, 0.15) is 11.1 Å². The Balaban J connectivity index is 0.00000363. The standard InChI is InChI=1S/C21H25F3N4O3.HI/c1-29-18-11-14-7-9-28(13-15(14)12-19(18)30-2)10-8-26-20(25)27-16-3-5-17(6-4-16)31-21(22,23)24;/h3-6,11-12H,7-10,13H2,1-2H3,(H3,25,26,27);1H. The maximum Gasteiger partial charge on any atom is 0.573 e. The van der Waals surface area contributed by atoms with Crippen molar-refractivity contribution in [3.63, 3.8) is 0 Å². The van der Waals surface area contributed by atoms with Crippen molar-refractivity contribution >= 4 is 35.6 Å². The zero-order chi connectivity index (χ0) is 22.4. The molecule has 0 saturated carbocycles. The van der Waals surface area contributed by atoms with Crippen LogP contribution in [-0.4, -0.2) is 51.1 Å². The molecule has 3 rings (SSSR count). The van der Waals surface area contributed by atoms with Crippen molar-refractivity contribution < 1.29 is 27.4 Å². The number of rotatable bonds is 7. The summed E-state index contributed by atoms with van der Waals surface area (Å²) in [5.41, 5.74) is 8.84. The predicted octanol–water partition coefficient (Wildman–Crippen LogP) is 4.01. The number of nitrogens with zero attached hydrogens (tertiary/aromatic N) is 2. The van der Waals surface area contributed by atoms with Gasteiger partial charge in [0.1, 0.15) is 5.75 Å². The quantitative estimate of drug-likeness (QED) is 0.300. The van der Waals surface area contributed by atoms with E-state index in [1.807, 2.05) is 12.1 Å². The first kappa shape index (κ1) is 25.8. The molecular formula is C21H26F3IN4O3. The van der Waals surface area contributed by atoms with E-state index in [9.17, 15) is 13.2 Å². The van der Waals surface area contributed by atoms with E-state index in [4.69, 9.17) is 15.2 Å². The molecule has 3 N–H and O–H groups in total. The molecule has 1 aliphatic heterocycles. The van der Waals surface area contributed by atoms with Crippen LogP contribution in [-0.2, 0) is 13.0 Å². The zero-order valence-electron chi connectivity index (χ0n) is 17.7. The van der Waals surface area contributed by atoms with Gasteiger partial charge in [-0.25, -0.2) is 0 Å². The van der Waals surface area contributed by atoms with E-state index in [1.165, 1.54) is 35.4 Å². The number of guanidine groups is 1. The molecule has 1 aliphatic rings. The number of nitrogens with one attached hydrogen (secondary N) is 1. The van der Waals surface area contributed by atoms with Crippen molar-refractivity contribution in [1.82, 2.24) is 4.90 Å². The number of methoxy groups -OCH3 is 2. The Morgan fingerprint density at radius 1 is 1.09 bits per heavy atom. The molecule has 2 aromatic rings. The second kappa shape index (κ2) is 11.5. The third-order valence-corrected chi connectivity index (χ3v) is 4.86. The average molecular weight is 566 g/mol. The molecule has 0 atom stereocenters. The van der Waals surface area contributed by atoms with Gasteiger partial charge in [0.15, 0.2) is 17.5 Å². The Labute approximate surface area is 201 Å². The van der Waals surface area contributed by atoms with Gasteiger partial charge in [-0.1, -0.05) is 0 Å². The number of alkyl halides is 3. The van der Waals surface area contributed by atoms with Gasteiger partial charge in [-0.2, -0.15) is 0 Å². The second-order valence-electron chi connectivity index (χ2n) is 6.97. The number of halogens is 4. The molecule has 0 bridgehead atoms. The summed E-state index contributed by atoms with van der Waals surface area (Å²) in [4.78, 5) is 6.57. The first-order chi connectivity index (χ1) is 14.8. The van der Waals surface area contributed by atoms with Crippen LogP contribution in [0.4, 0.5) is 18.9 Å². The number of aliphatic imine (C=N–C) groups is 1. The zero-order valence-corrected chi connectivity index (χ0v) is 20.1. The van der Waals surface area contributed by atoms with Crippen LogP contribution in [0.25, 0.3) is 0 Å². The number of ether oxygens (including phenoxy) is 3. The Bertz CT molecular complexity index is 924. The molecule has 0 unspecified atom stereocenters. The van der Waals surface area contributed by atoms with E-state index >= 15 is 0 Å². The lowest BCUT2D eigenvalue weighted by molar-refractivity contribution is -0.274. The lowest BCUT2D eigenvalue weighted by Gasteiger charge is -2.29. The van der Waals surface area contributed by atoms with Crippen molar-refractivity contribution in [3.8, 4) is 17.2 Å². The average Bonchev–Trinajstić information content (AvgIpc) is 2.73. The van der Waals surface area contributed by atoms with Crippen LogP contribution >= 0.6 is 24.0 Å². The third kappa shape index (κ3) is 7.33. The van der Waals surface area contributed by atoms with Crippen molar-refractivity contribution in [3.05, 3.63) is 47.5 Å². The molecule has 0 aliphatic carbocycles. The Morgan fingerprint density at radius 3 is 2.31 bits per heavy atom. The molecule has 1 heterocycles. The minimum absolute atomic E-state index is 0. The van der Waals surface area contributed by atoms with Gasteiger partial charge in [-0.3, -0.25) is 9.89 Å². The Hall–Kier alpha value is -2.41. The Morgan fingerprint density at radius 2 is 1.72 bits per heavy atom. The summed E-state index contributed by atoms with van der Waals surface area (Å²) < 4.78 is 51.2. The monoisotopic (exact) mass is 566 g/mol. The van der Waals surface area contributed by atoms with Gasteiger partial charge in [0, 0.05) is 25.3 Å². The molecule has 7 nitrogen and oxygen atoms in total. The van der Waals surface area contributed by atoms with Crippen LogP contribution in [0.5, 0.6) is 17.2 Å². The Kier molecular flexibility index (Phi) is 9.25. The largest absolute Gasteiger partial charge is 0.573 e. The van der Waals surface area contributed by atoms with E-state index in [0.29, 0.717) is 24.5 Å². The molecule has 11 heteroatoms. The molecule has 0 spiro atoms. The SMILES string of the molecule is COc1cc2c(cc1OC)CN(CCN=C(N)Nc1ccc(OC(F)(F)F)cc1)CC2.I. The minimum Gasteiger partial charge on any atom is -0.493 e. The third-order valence-electron chi connectivity index (χ3n) is 4.86. The summed E-state index contributed by atoms with van der Waals surface area (Å²) in [7, 11) is 3.24. The van der Waals surface area contributed by atoms with E-state index in [0.717, 1.165) is 25.3 Å². The summed E-state index contributed by atoms with van der Waals surface area (Å²) in [6, 6.07) is 9.32. The number of benzene rings is 2. The van der Waals surface area contributed by atoms with Crippen molar-refractivity contribution in [2.24, 2.45) is 10.7 Å². The normalized spacial score (nSPS) is 14.2. The molecule has 0 saturated heterocycles. The van der Waals surface area contributed by atoms with Gasteiger partial charge >= 0.3 is 6.36 Å². The topological polar surface area (TPSA) is 81.3 Å². The minimum atomic E-state index is -4.72. The van der Waals surface area contributed by atoms with Crippen LogP contribution in [0.2, 0.25) is 0 Å². The van der Waals surface area contributed by atoms with E-state index in [2.05, 4.69) is 19.9 Å². The van der Waals surface area contributed by atoms with Crippen molar-refractivity contribution in [2.75, 3.05) is 39.2 Å². The van der Waals surface area contributed by atoms with Gasteiger partial charge in [0.05, 0.1) is 20.8 Å². The molecule has 0 amide bonds. The highest BCUT2D eigenvalue weighted by Crippen LogP contribution is 2.33. The molecule has 32 heavy (non-hydrogen) atoms. The van der Waals surface area contributed by atoms with E-state index < -0.39 is 6.36 Å². The smallest absolute Gasteiger partial charge is 0.493 e. The fourth-order valence-electron chi connectivity index (χ4n) is 3.37. The van der Waals surface area contributed by atoms with Crippen LogP contribution in [0.3, 0.4) is 0 Å². The number of anilines is 1. The first-order valence-corrected chi connectivity index (χ1v) is 9.66. The molecule has 0 fully saturated rings. The highest BCUT2D eigenvalue weighted by atomic mass is 127. The van der Waals surface area contributed by atoms with Crippen LogP contribution in [0.15, 0.2) is 41.4 Å². The fraction of sp³-hybridized carbons (Fsp3) is 0.381. The summed E-state index contributed by atoms with van der Waals surface area (Å²) >= 11 is 0. The fourth-order valence-corrected chi connectivity index (χ4v) is 3.37. The summed E-state index contributed by atoms with van der Waals surface area (Å²) in [5, 5.41) is 2.86. The molecule has 2 aromatic carbocycles. The molecular weight excluding hydrogens is 540 g/mol. The van der Waals surface area contributed by atoms with Crippen molar-refractivity contribution in [1.29, 1.82) is 0 Å². The van der Waals surface area contributed by atoms with Gasteiger partial charge in [0.2, 0.25) is 0 Å². The van der Waals surface area contributed by atoms with Gasteiger partial charge < -0.3 is 25.3 Å². The summed E-state index contributed by atoms with van der Waals surface area (Å²) in [5.74, 6) is 1.33.